The highest BCUT2D eigenvalue weighted by Gasteiger charge is 2.52. The average Bonchev–Trinajstić information content (AvgIpc) is 3.34. The Kier molecular flexibility index (Phi) is 18.8. The molecule has 0 bridgehead atoms. The van der Waals surface area contributed by atoms with Gasteiger partial charge in [-0.3, -0.25) is 0 Å². The first-order valence-electron chi connectivity index (χ1n) is 23.7. The fourth-order valence-corrected chi connectivity index (χ4v) is 15.0. The van der Waals surface area contributed by atoms with Crippen molar-refractivity contribution in [1.29, 1.82) is 0 Å². The summed E-state index contributed by atoms with van der Waals surface area (Å²) in [5.41, 5.74) is 6.36. The van der Waals surface area contributed by atoms with Gasteiger partial charge in [-0.15, -0.1) is 0 Å². The lowest BCUT2D eigenvalue weighted by molar-refractivity contribution is -0.340. The van der Waals surface area contributed by atoms with Crippen molar-refractivity contribution in [2.24, 2.45) is 0 Å². The van der Waals surface area contributed by atoms with Crippen molar-refractivity contribution in [3.8, 4) is 0 Å². The van der Waals surface area contributed by atoms with E-state index in [1.165, 1.54) is 0 Å². The summed E-state index contributed by atoms with van der Waals surface area (Å²) in [6, 6.07) is 50.8. The van der Waals surface area contributed by atoms with Crippen LogP contribution in [0, 0.1) is 0 Å². The molecule has 0 amide bonds. The van der Waals surface area contributed by atoms with Crippen molar-refractivity contribution in [1.82, 2.24) is 0 Å². The highest BCUT2D eigenvalue weighted by Crippen LogP contribution is 2.43. The summed E-state index contributed by atoms with van der Waals surface area (Å²) in [6.45, 7) is 16.1. The predicted octanol–water partition coefficient (Wildman–Crippen LogP) is 11.8. The molecule has 0 radical (unpaired) electrons. The van der Waals surface area contributed by atoms with Crippen LogP contribution in [0.2, 0.25) is 16.6 Å². The second kappa shape index (κ2) is 25.1. The normalized spacial score (nSPS) is 23.3. The van der Waals surface area contributed by atoms with Crippen LogP contribution >= 0.6 is 0 Å². The Morgan fingerprint density at radius 1 is 0.439 bits per heavy atom. The minimum Gasteiger partial charge on any atom is -0.493 e. The summed E-state index contributed by atoms with van der Waals surface area (Å²) in [5.74, 6) is 0. The van der Waals surface area contributed by atoms with Crippen molar-refractivity contribution in [3.63, 3.8) is 0 Å². The molecule has 2 aliphatic rings. The van der Waals surface area contributed by atoms with Gasteiger partial charge in [0.15, 0.2) is 6.29 Å². The first-order chi connectivity index (χ1) is 32.2. The molecule has 8 atom stereocenters. The van der Waals surface area contributed by atoms with Gasteiger partial charge in [0.2, 0.25) is 8.32 Å². The maximum atomic E-state index is 7.25. The van der Waals surface area contributed by atoms with E-state index in [1.54, 1.807) is 6.26 Å². The van der Waals surface area contributed by atoms with Gasteiger partial charge in [-0.1, -0.05) is 193 Å². The molecule has 5 unspecified atom stereocenters. The summed E-state index contributed by atoms with van der Waals surface area (Å²) in [4.78, 5) is 0. The molecule has 7 rings (SSSR count). The van der Waals surface area contributed by atoms with E-state index in [0.29, 0.717) is 56.3 Å². The maximum absolute atomic E-state index is 7.25. The van der Waals surface area contributed by atoms with Crippen LogP contribution in [0.3, 0.4) is 0 Å². The van der Waals surface area contributed by atoms with Gasteiger partial charge in [0.25, 0.3) is 0 Å². The van der Waals surface area contributed by atoms with E-state index in [-0.39, 0.29) is 6.61 Å². The van der Waals surface area contributed by atoms with Crippen LogP contribution < -0.4 is 0 Å². The molecule has 0 aliphatic carbocycles. The molecule has 0 aromatic heterocycles. The van der Waals surface area contributed by atoms with E-state index in [0.717, 1.165) is 27.8 Å². The molecule has 9 nitrogen and oxygen atoms in total. The quantitative estimate of drug-likeness (QED) is 0.0562. The topological polar surface area (TPSA) is 83.1 Å². The highest BCUT2D eigenvalue weighted by molar-refractivity contribution is 6.77. The molecule has 1 saturated heterocycles. The Morgan fingerprint density at radius 3 is 1.27 bits per heavy atom. The molecule has 5 aromatic rings. The van der Waals surface area contributed by atoms with Gasteiger partial charge in [0.1, 0.15) is 42.7 Å². The van der Waals surface area contributed by atoms with Gasteiger partial charge in [0, 0.05) is 0 Å². The van der Waals surface area contributed by atoms with E-state index in [4.69, 9.17) is 42.3 Å². The van der Waals surface area contributed by atoms with Gasteiger partial charge >= 0.3 is 0 Å². The van der Waals surface area contributed by atoms with Crippen LogP contribution in [-0.4, -0.2) is 70.5 Å². The SMILES string of the molecule is CC(C)[Si](OCC1OC=CC(O[C@@H]2OC(COCc3ccccc3)[C@H](OCc3ccccc3)[C@H](OCc3ccccc3)C2OCc2ccccc2)C1OCc1ccccc1)(C(C)C)C(C)C. The number of hydrogen-bond acceptors (Lipinski definition) is 9. The summed E-state index contributed by atoms with van der Waals surface area (Å²) in [6.07, 6.45) is -1.55. The summed E-state index contributed by atoms with van der Waals surface area (Å²) >= 11 is 0. The van der Waals surface area contributed by atoms with Gasteiger partial charge in [-0.2, -0.15) is 0 Å². The molecule has 10 heteroatoms. The molecule has 2 heterocycles. The van der Waals surface area contributed by atoms with Crippen LogP contribution in [0.5, 0.6) is 0 Å². The molecule has 0 N–H and O–H groups in total. The second-order valence-corrected chi connectivity index (χ2v) is 23.8. The van der Waals surface area contributed by atoms with Gasteiger partial charge in [-0.05, 0) is 50.5 Å². The summed E-state index contributed by atoms with van der Waals surface area (Å²) < 4.78 is 62.3. The Balaban J connectivity index is 1.24. The van der Waals surface area contributed by atoms with E-state index < -0.39 is 57.3 Å². The minimum atomic E-state index is -2.27. The molecule has 2 aliphatic heterocycles. The molecule has 0 saturated carbocycles. The maximum Gasteiger partial charge on any atom is 0.200 e. The summed E-state index contributed by atoms with van der Waals surface area (Å²) in [7, 11) is -2.27. The van der Waals surface area contributed by atoms with Crippen LogP contribution in [0.1, 0.15) is 69.4 Å². The minimum absolute atomic E-state index is 0.213. The average molecular weight is 915 g/mol. The van der Waals surface area contributed by atoms with E-state index in [1.807, 2.05) is 97.1 Å². The summed E-state index contributed by atoms with van der Waals surface area (Å²) in [5, 5.41) is 0. The van der Waals surface area contributed by atoms with E-state index in [2.05, 4.69) is 102 Å². The fourth-order valence-electron chi connectivity index (χ4n) is 9.59. The van der Waals surface area contributed by atoms with Crippen LogP contribution in [0.25, 0.3) is 0 Å². The molecular weight excluding hydrogens is 845 g/mol. The number of rotatable bonds is 24. The van der Waals surface area contributed by atoms with Gasteiger partial charge in [0.05, 0.1) is 52.5 Å². The predicted molar refractivity (Wildman–Crippen MR) is 261 cm³/mol. The number of ether oxygens (including phenoxy) is 8. The third-order valence-electron chi connectivity index (χ3n) is 12.8. The fraction of sp³-hybridized carbons (Fsp3) is 0.429. The monoisotopic (exact) mass is 914 g/mol. The zero-order valence-electron chi connectivity index (χ0n) is 39.6. The highest BCUT2D eigenvalue weighted by atomic mass is 28.4. The molecule has 0 spiro atoms. The standard InChI is InChI=1S/C56H70O9Si/c1-41(2)66(42(3)4,43(5)6)63-40-50-52(59-35-45-24-14-8-15-25-45)49(32-33-58-50)64-56-55(62-38-48-30-20-11-21-31-48)54(61-37-47-28-18-10-19-29-47)53(60-36-46-26-16-9-17-27-46)51(65-56)39-57-34-44-22-12-7-13-23-44/h7-33,41-43,49-56H,34-40H2,1-6H3/t49?,50?,51?,52?,53-,54-,55?,56+/m0/s1. The molecular formula is C56H70O9Si. The van der Waals surface area contributed by atoms with Crippen LogP contribution in [-0.2, 0) is 75.4 Å². The molecule has 66 heavy (non-hydrogen) atoms. The van der Waals surface area contributed by atoms with Crippen molar-refractivity contribution in [2.75, 3.05) is 13.2 Å². The lowest BCUT2D eigenvalue weighted by Crippen LogP contribution is -2.63. The molecule has 5 aromatic carbocycles. The Morgan fingerprint density at radius 2 is 0.833 bits per heavy atom. The van der Waals surface area contributed by atoms with Crippen LogP contribution in [0.4, 0.5) is 0 Å². The lowest BCUT2D eigenvalue weighted by atomic mass is 9.97. The van der Waals surface area contributed by atoms with Crippen molar-refractivity contribution in [2.45, 2.75) is 140 Å². The van der Waals surface area contributed by atoms with Gasteiger partial charge < -0.3 is 42.3 Å². The lowest BCUT2D eigenvalue weighted by Gasteiger charge is -2.47. The third kappa shape index (κ3) is 13.4. The largest absolute Gasteiger partial charge is 0.493 e. The van der Waals surface area contributed by atoms with E-state index in [9.17, 15) is 0 Å². The molecule has 352 valence electrons. The molecule has 1 fully saturated rings. The van der Waals surface area contributed by atoms with Crippen LogP contribution in [0.15, 0.2) is 164 Å². The third-order valence-corrected chi connectivity index (χ3v) is 18.9. The zero-order valence-corrected chi connectivity index (χ0v) is 40.6. The van der Waals surface area contributed by atoms with Crippen molar-refractivity contribution >= 4 is 8.32 Å². The Labute approximate surface area is 394 Å². The Bertz CT molecular complexity index is 2100. The first-order valence-corrected chi connectivity index (χ1v) is 25.9. The Hall–Kier alpha value is -4.46. The first kappa shape index (κ1) is 49.4. The second-order valence-electron chi connectivity index (χ2n) is 18.3. The van der Waals surface area contributed by atoms with E-state index >= 15 is 0 Å². The van der Waals surface area contributed by atoms with Crippen molar-refractivity contribution < 1.29 is 42.3 Å². The smallest absolute Gasteiger partial charge is 0.200 e. The number of benzene rings is 5. The number of hydrogen-bond donors (Lipinski definition) is 0. The van der Waals surface area contributed by atoms with Gasteiger partial charge in [-0.25, -0.2) is 0 Å². The van der Waals surface area contributed by atoms with Crippen molar-refractivity contribution in [3.05, 3.63) is 192 Å². The zero-order chi connectivity index (χ0) is 46.1.